The van der Waals surface area contributed by atoms with Crippen LogP contribution in [-0.4, -0.2) is 44.9 Å². The van der Waals surface area contributed by atoms with Gasteiger partial charge in [-0.25, -0.2) is 8.42 Å². The molecule has 1 saturated heterocycles. The number of ether oxygens (including phenoxy) is 1. The van der Waals surface area contributed by atoms with Gasteiger partial charge < -0.3 is 10.1 Å². The first kappa shape index (κ1) is 18.3. The standard InChI is InChI=1S/C17H17IN2O4S/c18-13-5-7-14(8-6-13)19-17(21)15-3-1-2-4-16(15)25(22,23)20-9-11-24-12-10-20/h1-8H,9-12H2,(H,19,21). The van der Waals surface area contributed by atoms with Gasteiger partial charge in [0.25, 0.3) is 5.91 Å². The lowest BCUT2D eigenvalue weighted by Crippen LogP contribution is -2.41. The number of sulfonamides is 1. The Bertz CT molecular complexity index is 862. The van der Waals surface area contributed by atoms with E-state index < -0.39 is 15.9 Å². The summed E-state index contributed by atoms with van der Waals surface area (Å²) in [7, 11) is -3.75. The fourth-order valence-corrected chi connectivity index (χ4v) is 4.49. The van der Waals surface area contributed by atoms with Crippen LogP contribution >= 0.6 is 22.6 Å². The van der Waals surface area contributed by atoms with E-state index in [1.54, 1.807) is 24.3 Å². The molecular weight excluding hydrogens is 455 g/mol. The number of morpholine rings is 1. The lowest BCUT2D eigenvalue weighted by Gasteiger charge is -2.26. The largest absolute Gasteiger partial charge is 0.379 e. The summed E-state index contributed by atoms with van der Waals surface area (Å²) in [5.41, 5.74) is 0.747. The topological polar surface area (TPSA) is 75.7 Å². The Labute approximate surface area is 160 Å². The average molecular weight is 472 g/mol. The van der Waals surface area contributed by atoms with Gasteiger partial charge in [-0.1, -0.05) is 12.1 Å². The zero-order valence-corrected chi connectivity index (χ0v) is 16.3. The maximum absolute atomic E-state index is 12.9. The predicted molar refractivity (Wildman–Crippen MR) is 103 cm³/mol. The van der Waals surface area contributed by atoms with E-state index in [1.807, 2.05) is 12.1 Å². The van der Waals surface area contributed by atoms with Crippen LogP contribution in [0.1, 0.15) is 10.4 Å². The van der Waals surface area contributed by atoms with Crippen molar-refractivity contribution in [2.75, 3.05) is 31.6 Å². The molecule has 2 aromatic rings. The molecule has 0 saturated carbocycles. The van der Waals surface area contributed by atoms with E-state index in [0.29, 0.717) is 18.9 Å². The number of halogens is 1. The SMILES string of the molecule is O=C(Nc1ccc(I)cc1)c1ccccc1S(=O)(=O)N1CCOCC1. The van der Waals surface area contributed by atoms with Crippen molar-refractivity contribution < 1.29 is 17.9 Å². The van der Waals surface area contributed by atoms with Crippen molar-refractivity contribution in [3.63, 3.8) is 0 Å². The molecule has 1 amide bonds. The fourth-order valence-electron chi connectivity index (χ4n) is 2.54. The Balaban J connectivity index is 1.89. The third kappa shape index (κ3) is 4.20. The molecule has 1 heterocycles. The van der Waals surface area contributed by atoms with Crippen LogP contribution in [0.5, 0.6) is 0 Å². The molecule has 8 heteroatoms. The number of nitrogens with one attached hydrogen (secondary N) is 1. The van der Waals surface area contributed by atoms with E-state index in [4.69, 9.17) is 4.74 Å². The normalized spacial score (nSPS) is 15.7. The average Bonchev–Trinajstić information content (AvgIpc) is 2.64. The van der Waals surface area contributed by atoms with E-state index in [-0.39, 0.29) is 23.5 Å². The first-order chi connectivity index (χ1) is 12.0. The second-order valence-electron chi connectivity index (χ2n) is 5.47. The second kappa shape index (κ2) is 7.81. The van der Waals surface area contributed by atoms with Crippen molar-refractivity contribution in [2.24, 2.45) is 0 Å². The highest BCUT2D eigenvalue weighted by atomic mass is 127. The molecule has 3 rings (SSSR count). The van der Waals surface area contributed by atoms with Crippen molar-refractivity contribution in [3.05, 3.63) is 57.7 Å². The molecule has 1 aliphatic rings. The molecule has 132 valence electrons. The van der Waals surface area contributed by atoms with Crippen LogP contribution in [0.4, 0.5) is 5.69 Å². The smallest absolute Gasteiger partial charge is 0.257 e. The quantitative estimate of drug-likeness (QED) is 0.695. The summed E-state index contributed by atoms with van der Waals surface area (Å²) in [5, 5.41) is 2.75. The highest BCUT2D eigenvalue weighted by Crippen LogP contribution is 2.22. The van der Waals surface area contributed by atoms with Crippen molar-refractivity contribution in [1.29, 1.82) is 0 Å². The Morgan fingerprint density at radius 3 is 2.36 bits per heavy atom. The summed E-state index contributed by atoms with van der Waals surface area (Å²) in [6.45, 7) is 1.29. The lowest BCUT2D eigenvalue weighted by molar-refractivity contribution is 0.0730. The van der Waals surface area contributed by atoms with Gasteiger partial charge in [0.05, 0.1) is 23.7 Å². The molecule has 0 bridgehead atoms. The number of anilines is 1. The molecule has 0 unspecified atom stereocenters. The number of amides is 1. The van der Waals surface area contributed by atoms with Crippen LogP contribution in [0.2, 0.25) is 0 Å². The zero-order valence-electron chi connectivity index (χ0n) is 13.3. The summed E-state index contributed by atoms with van der Waals surface area (Å²) >= 11 is 2.17. The molecular formula is C17H17IN2O4S. The van der Waals surface area contributed by atoms with Gasteiger partial charge in [0.1, 0.15) is 0 Å². The van der Waals surface area contributed by atoms with Gasteiger partial charge in [-0.2, -0.15) is 4.31 Å². The minimum Gasteiger partial charge on any atom is -0.379 e. The predicted octanol–water partition coefficient (Wildman–Crippen LogP) is 2.56. The van der Waals surface area contributed by atoms with Crippen molar-refractivity contribution in [3.8, 4) is 0 Å². The highest BCUT2D eigenvalue weighted by Gasteiger charge is 2.30. The van der Waals surface area contributed by atoms with Crippen LogP contribution in [0.3, 0.4) is 0 Å². The Morgan fingerprint density at radius 2 is 1.68 bits per heavy atom. The number of carbonyl (C=O) groups excluding carboxylic acids is 1. The monoisotopic (exact) mass is 472 g/mol. The number of rotatable bonds is 4. The number of hydrogen-bond acceptors (Lipinski definition) is 4. The number of carbonyl (C=O) groups is 1. The third-order valence-electron chi connectivity index (χ3n) is 3.82. The van der Waals surface area contributed by atoms with Crippen molar-refractivity contribution in [1.82, 2.24) is 4.31 Å². The summed E-state index contributed by atoms with van der Waals surface area (Å²) < 4.78 is 33.4. The van der Waals surface area contributed by atoms with Gasteiger partial charge in [-0.15, -0.1) is 0 Å². The van der Waals surface area contributed by atoms with Gasteiger partial charge in [0.2, 0.25) is 10.0 Å². The van der Waals surface area contributed by atoms with Crippen LogP contribution in [0.15, 0.2) is 53.4 Å². The molecule has 0 radical (unpaired) electrons. The molecule has 1 N–H and O–H groups in total. The molecule has 0 spiro atoms. The zero-order chi connectivity index (χ0) is 17.9. The van der Waals surface area contributed by atoms with Crippen LogP contribution in [0, 0.1) is 3.57 Å². The Kier molecular flexibility index (Phi) is 5.72. The van der Waals surface area contributed by atoms with Crippen LogP contribution in [-0.2, 0) is 14.8 Å². The van der Waals surface area contributed by atoms with E-state index in [0.717, 1.165) is 3.57 Å². The molecule has 2 aromatic carbocycles. The molecule has 0 aromatic heterocycles. The minimum atomic E-state index is -3.75. The highest BCUT2D eigenvalue weighted by molar-refractivity contribution is 14.1. The summed E-state index contributed by atoms with van der Waals surface area (Å²) in [6.07, 6.45) is 0. The number of nitrogens with zero attached hydrogens (tertiary/aromatic N) is 1. The lowest BCUT2D eigenvalue weighted by atomic mass is 10.2. The summed E-state index contributed by atoms with van der Waals surface area (Å²) in [5.74, 6) is -0.450. The molecule has 25 heavy (non-hydrogen) atoms. The first-order valence-corrected chi connectivity index (χ1v) is 10.2. The van der Waals surface area contributed by atoms with Crippen LogP contribution < -0.4 is 5.32 Å². The maximum atomic E-state index is 12.9. The Morgan fingerprint density at radius 1 is 1.04 bits per heavy atom. The van der Waals surface area contributed by atoms with Gasteiger partial charge in [-0.05, 0) is 59.0 Å². The van der Waals surface area contributed by atoms with Gasteiger partial charge in [-0.3, -0.25) is 4.79 Å². The van der Waals surface area contributed by atoms with Gasteiger partial charge in [0, 0.05) is 22.3 Å². The van der Waals surface area contributed by atoms with Gasteiger partial charge >= 0.3 is 0 Å². The fraction of sp³-hybridized carbons (Fsp3) is 0.235. The molecule has 0 aliphatic carbocycles. The molecule has 1 aliphatic heterocycles. The molecule has 6 nitrogen and oxygen atoms in total. The number of hydrogen-bond donors (Lipinski definition) is 1. The van der Waals surface area contributed by atoms with Crippen molar-refractivity contribution >= 4 is 44.2 Å². The van der Waals surface area contributed by atoms with E-state index >= 15 is 0 Å². The minimum absolute atomic E-state index is 0.0138. The molecule has 0 atom stereocenters. The molecule has 1 fully saturated rings. The van der Waals surface area contributed by atoms with Gasteiger partial charge in [0.15, 0.2) is 0 Å². The maximum Gasteiger partial charge on any atom is 0.257 e. The van der Waals surface area contributed by atoms with E-state index in [2.05, 4.69) is 27.9 Å². The van der Waals surface area contributed by atoms with Crippen molar-refractivity contribution in [2.45, 2.75) is 4.90 Å². The second-order valence-corrected chi connectivity index (χ2v) is 8.63. The third-order valence-corrected chi connectivity index (χ3v) is 6.50. The summed E-state index contributed by atoms with van der Waals surface area (Å²) in [6, 6.07) is 13.6. The van der Waals surface area contributed by atoms with Crippen LogP contribution in [0.25, 0.3) is 0 Å². The van der Waals surface area contributed by atoms with E-state index in [9.17, 15) is 13.2 Å². The summed E-state index contributed by atoms with van der Waals surface area (Å²) in [4.78, 5) is 12.6. The Hall–Kier alpha value is -1.49. The number of benzene rings is 2. The first-order valence-electron chi connectivity index (χ1n) is 7.72. The van der Waals surface area contributed by atoms with E-state index in [1.165, 1.54) is 16.4 Å².